The van der Waals surface area contributed by atoms with E-state index < -0.39 is 57.8 Å². The molecule has 0 aromatic heterocycles. The Balaban J connectivity index is 1.01. The highest BCUT2D eigenvalue weighted by atomic mass is 19.1. The standard InChI is InChI=1S/C50H70F2N2O8/c1-47(2,3)61-45(57)53-43-31-19-13-11-17-23-49(43,7)37-27-33(29-39(51)35(37)25-31)59-41(55)21-15-9-10-16-22-42(56)60-34-28-38-36(40(52)30-34)26-32-20-14-12-18-24-50(38,8)44(32)54-46(58)62-48(4,5)6/h27-32,43-44H,9-26H2,1-8H3,(H,53,57)(H,54,58)/t31-,32-,43-,44-,49+,50+/m0/s1. The summed E-state index contributed by atoms with van der Waals surface area (Å²) in [5.74, 6) is -1.31. The highest BCUT2D eigenvalue weighted by Gasteiger charge is 2.49. The number of rotatable bonds is 11. The molecule has 4 aliphatic carbocycles. The lowest BCUT2D eigenvalue weighted by atomic mass is 9.59. The van der Waals surface area contributed by atoms with Crippen LogP contribution < -0.4 is 20.1 Å². The van der Waals surface area contributed by atoms with Gasteiger partial charge in [0.2, 0.25) is 0 Å². The molecule has 10 nitrogen and oxygen atoms in total. The number of hydrogen-bond acceptors (Lipinski definition) is 8. The van der Waals surface area contributed by atoms with E-state index in [1.54, 1.807) is 12.1 Å². The number of alkyl carbamates (subject to hydrolysis) is 2. The van der Waals surface area contributed by atoms with Crippen LogP contribution >= 0.6 is 0 Å². The molecule has 2 aromatic carbocycles. The Bertz CT molecular complexity index is 1830. The van der Waals surface area contributed by atoms with Crippen LogP contribution in [-0.4, -0.2) is 47.4 Å². The van der Waals surface area contributed by atoms with Crippen LogP contribution in [0.25, 0.3) is 0 Å². The van der Waals surface area contributed by atoms with Crippen LogP contribution in [0.2, 0.25) is 0 Å². The van der Waals surface area contributed by atoms with Gasteiger partial charge in [0.25, 0.3) is 0 Å². The molecule has 2 fully saturated rings. The molecule has 6 atom stereocenters. The summed E-state index contributed by atoms with van der Waals surface area (Å²) in [6, 6.07) is 5.66. The van der Waals surface area contributed by atoms with Crippen molar-refractivity contribution in [2.75, 3.05) is 0 Å². The zero-order valence-electron chi connectivity index (χ0n) is 38.4. The monoisotopic (exact) mass is 865 g/mol. The van der Waals surface area contributed by atoms with Crippen LogP contribution in [0.15, 0.2) is 24.3 Å². The van der Waals surface area contributed by atoms with Crippen molar-refractivity contribution in [1.29, 1.82) is 0 Å². The van der Waals surface area contributed by atoms with E-state index in [1.807, 2.05) is 41.5 Å². The van der Waals surface area contributed by atoms with Gasteiger partial charge in [0.1, 0.15) is 34.3 Å². The maximum Gasteiger partial charge on any atom is 0.407 e. The number of fused-ring (bicyclic) bond motifs is 8. The molecule has 2 amide bonds. The first-order valence-electron chi connectivity index (χ1n) is 23.2. The topological polar surface area (TPSA) is 129 Å². The predicted octanol–water partition coefficient (Wildman–Crippen LogP) is 11.4. The van der Waals surface area contributed by atoms with Crippen molar-refractivity contribution < 1.29 is 46.9 Å². The minimum Gasteiger partial charge on any atom is -0.444 e. The number of amides is 2. The number of esters is 2. The number of hydrogen-bond donors (Lipinski definition) is 2. The Hall–Kier alpha value is -4.22. The van der Waals surface area contributed by atoms with Crippen molar-refractivity contribution in [2.45, 2.75) is 205 Å². The average molecular weight is 865 g/mol. The van der Waals surface area contributed by atoms with Gasteiger partial charge in [-0.2, -0.15) is 0 Å². The Morgan fingerprint density at radius 1 is 0.597 bits per heavy atom. The van der Waals surface area contributed by atoms with Crippen LogP contribution in [0.1, 0.15) is 180 Å². The molecule has 2 aromatic rings. The summed E-state index contributed by atoms with van der Waals surface area (Å²) >= 11 is 0. The van der Waals surface area contributed by atoms with E-state index in [4.69, 9.17) is 18.9 Å². The molecule has 0 saturated heterocycles. The summed E-state index contributed by atoms with van der Waals surface area (Å²) in [7, 11) is 0. The molecule has 2 N–H and O–H groups in total. The van der Waals surface area contributed by atoms with E-state index in [0.29, 0.717) is 49.7 Å². The third-order valence-corrected chi connectivity index (χ3v) is 13.7. The molecule has 62 heavy (non-hydrogen) atoms. The minimum absolute atomic E-state index is 0.0543. The lowest BCUT2D eigenvalue weighted by Crippen LogP contribution is -2.57. The molecule has 0 heterocycles. The van der Waals surface area contributed by atoms with Gasteiger partial charge in [-0.25, -0.2) is 18.4 Å². The molecule has 6 rings (SSSR count). The number of carbonyl (C=O) groups is 4. The lowest BCUT2D eigenvalue weighted by molar-refractivity contribution is -0.135. The smallest absolute Gasteiger partial charge is 0.407 e. The van der Waals surface area contributed by atoms with Crippen LogP contribution in [0.3, 0.4) is 0 Å². The Morgan fingerprint density at radius 3 is 1.35 bits per heavy atom. The van der Waals surface area contributed by atoms with E-state index in [0.717, 1.165) is 75.3 Å². The Morgan fingerprint density at radius 2 is 0.984 bits per heavy atom. The molecule has 342 valence electrons. The maximum absolute atomic E-state index is 15.8. The third kappa shape index (κ3) is 11.5. The summed E-state index contributed by atoms with van der Waals surface area (Å²) in [5.41, 5.74) is 0.330. The second-order valence-corrected chi connectivity index (χ2v) is 20.9. The van der Waals surface area contributed by atoms with Gasteiger partial charge in [0, 0.05) is 47.9 Å². The van der Waals surface area contributed by atoms with Crippen molar-refractivity contribution in [3.63, 3.8) is 0 Å². The molecule has 0 aliphatic heterocycles. The summed E-state index contributed by atoms with van der Waals surface area (Å²) in [6.45, 7) is 15.1. The molecule has 4 aliphatic rings. The minimum atomic E-state index is -0.655. The van der Waals surface area contributed by atoms with Gasteiger partial charge in [-0.05, 0) is 139 Å². The number of ether oxygens (including phenoxy) is 4. The first-order chi connectivity index (χ1) is 29.1. The second-order valence-electron chi connectivity index (χ2n) is 20.9. The molecule has 4 bridgehead atoms. The van der Waals surface area contributed by atoms with E-state index in [-0.39, 0.29) is 48.3 Å². The van der Waals surface area contributed by atoms with Gasteiger partial charge in [0.15, 0.2) is 0 Å². The summed E-state index contributed by atoms with van der Waals surface area (Å²) in [5, 5.41) is 6.31. The number of benzene rings is 2. The third-order valence-electron chi connectivity index (χ3n) is 13.7. The van der Waals surface area contributed by atoms with Crippen molar-refractivity contribution in [2.24, 2.45) is 11.8 Å². The highest BCUT2D eigenvalue weighted by Crippen LogP contribution is 2.50. The van der Waals surface area contributed by atoms with E-state index in [9.17, 15) is 19.2 Å². The Labute approximate surface area is 367 Å². The first kappa shape index (κ1) is 47.3. The second kappa shape index (κ2) is 19.3. The van der Waals surface area contributed by atoms with Gasteiger partial charge < -0.3 is 29.6 Å². The fourth-order valence-corrected chi connectivity index (χ4v) is 10.9. The van der Waals surface area contributed by atoms with Gasteiger partial charge in [-0.3, -0.25) is 9.59 Å². The van der Waals surface area contributed by atoms with Crippen LogP contribution in [-0.2, 0) is 42.7 Å². The summed E-state index contributed by atoms with van der Waals surface area (Å²) in [6.07, 6.45) is 11.9. The summed E-state index contributed by atoms with van der Waals surface area (Å²) < 4.78 is 54.3. The fourth-order valence-electron chi connectivity index (χ4n) is 10.9. The predicted molar refractivity (Wildman–Crippen MR) is 233 cm³/mol. The molecular formula is C50H70F2N2O8. The SMILES string of the molecule is CC(C)(C)OC(=O)N[C@H]1[C@H]2CCCCC[C@]1(C)c1cc(OC(=O)CCCCCCC(=O)Oc3cc(F)c4c(c3)[C@@]3(C)CCCCC[C@@H](C4)[C@@H]3NC(=O)OC(C)(C)C)cc(F)c1C2. The van der Waals surface area contributed by atoms with E-state index in [2.05, 4.69) is 24.5 Å². The van der Waals surface area contributed by atoms with Gasteiger partial charge in [-0.1, -0.05) is 65.2 Å². The van der Waals surface area contributed by atoms with Gasteiger partial charge in [0.05, 0.1) is 0 Å². The van der Waals surface area contributed by atoms with E-state index >= 15 is 8.78 Å². The average Bonchev–Trinajstić information content (AvgIpc) is 3.14. The molecular weight excluding hydrogens is 795 g/mol. The highest BCUT2D eigenvalue weighted by molar-refractivity contribution is 5.73. The quantitative estimate of drug-likeness (QED) is 0.130. The van der Waals surface area contributed by atoms with Gasteiger partial charge in [-0.15, -0.1) is 0 Å². The van der Waals surface area contributed by atoms with Crippen LogP contribution in [0, 0.1) is 23.5 Å². The van der Waals surface area contributed by atoms with E-state index in [1.165, 1.54) is 12.1 Å². The molecule has 2 saturated carbocycles. The first-order valence-corrected chi connectivity index (χ1v) is 23.2. The zero-order chi connectivity index (χ0) is 45.0. The normalized spacial score (nSPS) is 25.9. The Kier molecular flexibility index (Phi) is 14.7. The summed E-state index contributed by atoms with van der Waals surface area (Å²) in [4.78, 5) is 52.0. The molecule has 0 unspecified atom stereocenters. The number of carbonyl (C=O) groups excluding carboxylic acids is 4. The van der Waals surface area contributed by atoms with Gasteiger partial charge >= 0.3 is 24.1 Å². The largest absolute Gasteiger partial charge is 0.444 e. The molecule has 0 spiro atoms. The molecule has 12 heteroatoms. The van der Waals surface area contributed by atoms with Crippen molar-refractivity contribution in [3.8, 4) is 11.5 Å². The van der Waals surface area contributed by atoms with Crippen molar-refractivity contribution in [1.82, 2.24) is 10.6 Å². The van der Waals surface area contributed by atoms with Crippen molar-refractivity contribution >= 4 is 24.1 Å². The number of halogens is 2. The number of unbranched alkanes of at least 4 members (excludes halogenated alkanes) is 3. The van der Waals surface area contributed by atoms with Crippen LogP contribution in [0.4, 0.5) is 18.4 Å². The van der Waals surface area contributed by atoms with Crippen LogP contribution in [0.5, 0.6) is 11.5 Å². The lowest BCUT2D eigenvalue weighted by Gasteiger charge is -2.49. The van der Waals surface area contributed by atoms with Crippen molar-refractivity contribution in [3.05, 3.63) is 58.2 Å². The fraction of sp³-hybridized carbons (Fsp3) is 0.680. The maximum atomic E-state index is 15.8. The number of nitrogens with one attached hydrogen (secondary N) is 2. The molecule has 0 radical (unpaired) electrons. The zero-order valence-corrected chi connectivity index (χ0v) is 38.4.